The molecular formula is C22H24ClN7O2. The lowest BCUT2D eigenvalue weighted by Gasteiger charge is -2.23. The highest BCUT2D eigenvalue weighted by molar-refractivity contribution is 6.31. The van der Waals surface area contributed by atoms with Gasteiger partial charge in [-0.2, -0.15) is 15.0 Å². The molecule has 2 aromatic heterocycles. The van der Waals surface area contributed by atoms with E-state index in [0.29, 0.717) is 46.9 Å². The van der Waals surface area contributed by atoms with E-state index in [0.717, 1.165) is 30.4 Å². The molecular weight excluding hydrogens is 430 g/mol. The van der Waals surface area contributed by atoms with Gasteiger partial charge in [-0.1, -0.05) is 11.6 Å². The Hall–Kier alpha value is -3.20. The fourth-order valence-corrected chi connectivity index (χ4v) is 4.73. The highest BCUT2D eigenvalue weighted by Gasteiger charge is 2.43. The van der Waals surface area contributed by atoms with Crippen molar-refractivity contribution in [2.24, 2.45) is 11.8 Å². The molecule has 9 nitrogen and oxygen atoms in total. The minimum Gasteiger partial charge on any atom is -0.497 e. The molecule has 1 aromatic carbocycles. The summed E-state index contributed by atoms with van der Waals surface area (Å²) in [4.78, 5) is 28.2. The number of methoxy groups -OCH3 is 1. The van der Waals surface area contributed by atoms with Crippen molar-refractivity contribution in [1.82, 2.24) is 29.9 Å². The van der Waals surface area contributed by atoms with Crippen LogP contribution >= 0.6 is 11.6 Å². The molecule has 0 aliphatic carbocycles. The van der Waals surface area contributed by atoms with E-state index in [1.54, 1.807) is 37.7 Å². The summed E-state index contributed by atoms with van der Waals surface area (Å²) in [6, 6.07) is 5.36. The van der Waals surface area contributed by atoms with Gasteiger partial charge < -0.3 is 14.5 Å². The van der Waals surface area contributed by atoms with Crippen LogP contribution in [-0.4, -0.2) is 69.1 Å². The number of carbonyl (C=O) groups excluding carboxylic acids is 1. The quantitative estimate of drug-likeness (QED) is 0.599. The van der Waals surface area contributed by atoms with Gasteiger partial charge in [0.05, 0.1) is 41.5 Å². The molecule has 2 unspecified atom stereocenters. The highest BCUT2D eigenvalue weighted by Crippen LogP contribution is 2.35. The Morgan fingerprint density at radius 3 is 2.25 bits per heavy atom. The van der Waals surface area contributed by atoms with Gasteiger partial charge >= 0.3 is 0 Å². The van der Waals surface area contributed by atoms with Crippen LogP contribution in [0.15, 0.2) is 30.6 Å². The average molecular weight is 454 g/mol. The number of hydrogen-bond acceptors (Lipinski definition) is 7. The molecule has 2 aliphatic rings. The van der Waals surface area contributed by atoms with Crippen molar-refractivity contribution >= 4 is 23.5 Å². The molecule has 32 heavy (non-hydrogen) atoms. The summed E-state index contributed by atoms with van der Waals surface area (Å²) in [6.07, 6.45) is 3.18. The molecule has 0 saturated carbocycles. The zero-order chi connectivity index (χ0) is 22.4. The third kappa shape index (κ3) is 3.56. The van der Waals surface area contributed by atoms with Gasteiger partial charge in [0.1, 0.15) is 11.4 Å². The monoisotopic (exact) mass is 453 g/mol. The number of hydrogen-bond donors (Lipinski definition) is 0. The normalized spacial score (nSPS) is 20.0. The Balaban J connectivity index is 1.33. The van der Waals surface area contributed by atoms with Crippen LogP contribution in [0.4, 0.5) is 5.95 Å². The molecule has 3 aromatic rings. The van der Waals surface area contributed by atoms with E-state index >= 15 is 0 Å². The lowest BCUT2D eigenvalue weighted by molar-refractivity contribution is 0.0782. The number of likely N-dealkylation sites (tertiary alicyclic amines) is 1. The van der Waals surface area contributed by atoms with Crippen LogP contribution in [0.1, 0.15) is 21.7 Å². The lowest BCUT2D eigenvalue weighted by Crippen LogP contribution is -2.34. The minimum absolute atomic E-state index is 0.0182. The molecule has 166 valence electrons. The Morgan fingerprint density at radius 2 is 1.66 bits per heavy atom. The van der Waals surface area contributed by atoms with Crippen LogP contribution < -0.4 is 9.64 Å². The van der Waals surface area contributed by atoms with E-state index in [1.165, 1.54) is 4.80 Å². The summed E-state index contributed by atoms with van der Waals surface area (Å²) in [5.74, 6) is 2.11. The van der Waals surface area contributed by atoms with Crippen molar-refractivity contribution in [3.63, 3.8) is 0 Å². The number of aromatic nitrogens is 5. The SMILES string of the molecule is COc1ccc(C(=O)N2CC3CN(c4nc(C)c(Cl)c(C)n4)CC3C2)c(-n2nccn2)c1. The summed E-state index contributed by atoms with van der Waals surface area (Å²) in [5.41, 5.74) is 2.76. The van der Waals surface area contributed by atoms with Gasteiger partial charge in [0.15, 0.2) is 0 Å². The van der Waals surface area contributed by atoms with Crippen LogP contribution in [-0.2, 0) is 0 Å². The zero-order valence-electron chi connectivity index (χ0n) is 18.2. The van der Waals surface area contributed by atoms with Gasteiger partial charge in [0, 0.05) is 44.1 Å². The minimum atomic E-state index is -0.0182. The molecule has 1 amide bonds. The average Bonchev–Trinajstić information content (AvgIpc) is 3.53. The van der Waals surface area contributed by atoms with Crippen molar-refractivity contribution in [2.45, 2.75) is 13.8 Å². The number of halogens is 1. The maximum absolute atomic E-state index is 13.4. The van der Waals surface area contributed by atoms with Crippen LogP contribution in [0.3, 0.4) is 0 Å². The molecule has 4 heterocycles. The van der Waals surface area contributed by atoms with Crippen LogP contribution in [0.5, 0.6) is 5.75 Å². The number of amides is 1. The first-order valence-corrected chi connectivity index (χ1v) is 10.9. The maximum Gasteiger partial charge on any atom is 0.256 e. The number of rotatable bonds is 4. The first-order valence-electron chi connectivity index (χ1n) is 10.5. The van der Waals surface area contributed by atoms with E-state index < -0.39 is 0 Å². The van der Waals surface area contributed by atoms with Crippen molar-refractivity contribution in [2.75, 3.05) is 38.2 Å². The number of benzene rings is 1. The standard InChI is InChI=1S/C22H24ClN7O2/c1-13-20(23)14(2)27-22(26-13)29-11-15-9-28(10-16(15)12-29)21(31)18-5-4-17(32-3)8-19(18)30-24-6-7-25-30/h4-8,15-16H,9-12H2,1-3H3. The molecule has 10 heteroatoms. The first-order chi connectivity index (χ1) is 15.4. The Bertz CT molecular complexity index is 1130. The summed E-state index contributed by atoms with van der Waals surface area (Å²) < 4.78 is 5.33. The van der Waals surface area contributed by atoms with Crippen LogP contribution in [0, 0.1) is 25.7 Å². The molecule has 0 spiro atoms. The maximum atomic E-state index is 13.4. The van der Waals surface area contributed by atoms with Crippen molar-refractivity contribution in [3.8, 4) is 11.4 Å². The van der Waals surface area contributed by atoms with Gasteiger partial charge in [-0.05, 0) is 26.0 Å². The zero-order valence-corrected chi connectivity index (χ0v) is 19.0. The third-order valence-corrected chi connectivity index (χ3v) is 6.84. The van der Waals surface area contributed by atoms with Gasteiger partial charge in [0.25, 0.3) is 5.91 Å². The second kappa shape index (κ2) is 8.05. The number of ether oxygens (including phenoxy) is 1. The lowest BCUT2D eigenvalue weighted by atomic mass is 10.0. The number of aryl methyl sites for hydroxylation is 2. The largest absolute Gasteiger partial charge is 0.497 e. The summed E-state index contributed by atoms with van der Waals surface area (Å²) in [5, 5.41) is 9.02. The fraction of sp³-hybridized carbons (Fsp3) is 0.409. The topological polar surface area (TPSA) is 89.3 Å². The molecule has 2 saturated heterocycles. The van der Waals surface area contributed by atoms with Gasteiger partial charge in [0.2, 0.25) is 5.95 Å². The Kier molecular flexibility index (Phi) is 5.21. The molecule has 0 radical (unpaired) electrons. The third-order valence-electron chi connectivity index (χ3n) is 6.30. The van der Waals surface area contributed by atoms with E-state index in [2.05, 4.69) is 25.1 Å². The molecule has 0 bridgehead atoms. The van der Waals surface area contributed by atoms with Crippen molar-refractivity contribution < 1.29 is 9.53 Å². The molecule has 0 N–H and O–H groups in total. The smallest absolute Gasteiger partial charge is 0.256 e. The van der Waals surface area contributed by atoms with Gasteiger partial charge in [-0.25, -0.2) is 9.97 Å². The van der Waals surface area contributed by atoms with Gasteiger partial charge in [-0.3, -0.25) is 4.79 Å². The first kappa shape index (κ1) is 20.7. The number of fused-ring (bicyclic) bond motifs is 1. The van der Waals surface area contributed by atoms with Crippen LogP contribution in [0.2, 0.25) is 5.02 Å². The van der Waals surface area contributed by atoms with Gasteiger partial charge in [-0.15, -0.1) is 0 Å². The predicted molar refractivity (Wildman–Crippen MR) is 120 cm³/mol. The van der Waals surface area contributed by atoms with E-state index in [9.17, 15) is 4.79 Å². The second-order valence-corrected chi connectivity index (χ2v) is 8.72. The van der Waals surface area contributed by atoms with E-state index in [4.69, 9.17) is 16.3 Å². The number of nitrogens with zero attached hydrogens (tertiary/aromatic N) is 7. The summed E-state index contributed by atoms with van der Waals surface area (Å²) in [6.45, 7) is 6.85. The Morgan fingerprint density at radius 1 is 1.03 bits per heavy atom. The molecule has 2 fully saturated rings. The van der Waals surface area contributed by atoms with Crippen molar-refractivity contribution in [3.05, 3.63) is 52.6 Å². The van der Waals surface area contributed by atoms with Crippen molar-refractivity contribution in [1.29, 1.82) is 0 Å². The number of carbonyl (C=O) groups is 1. The second-order valence-electron chi connectivity index (χ2n) is 8.35. The molecule has 5 rings (SSSR count). The predicted octanol–water partition coefficient (Wildman–Crippen LogP) is 2.54. The number of anilines is 1. The molecule has 2 aliphatic heterocycles. The Labute approximate surface area is 191 Å². The van der Waals surface area contributed by atoms with Crippen LogP contribution in [0.25, 0.3) is 5.69 Å². The summed E-state index contributed by atoms with van der Waals surface area (Å²) >= 11 is 6.23. The highest BCUT2D eigenvalue weighted by atomic mass is 35.5. The molecule has 2 atom stereocenters. The summed E-state index contributed by atoms with van der Waals surface area (Å²) in [7, 11) is 1.60. The fourth-order valence-electron chi connectivity index (χ4n) is 4.64. The van der Waals surface area contributed by atoms with E-state index in [-0.39, 0.29) is 5.91 Å². The van der Waals surface area contributed by atoms with E-state index in [1.807, 2.05) is 18.7 Å².